The van der Waals surface area contributed by atoms with Gasteiger partial charge in [-0.25, -0.2) is 9.37 Å². The lowest BCUT2D eigenvalue weighted by atomic mass is 9.81. The standard InChI is InChI=1S/C29H21Cl3F4N4O4/c1-12-17(30)7-14-5-15(8-19(32)22(14)39-12)25(41)38-10-28(43,29(34,35)36)21-9-16-24(44-11-27(16,2)26(37)42)23(40-21)13-3-4-20(33)18(31)6-13/h3-9,43H,10-11H2,1-2H3,(H2,37,42)(H,38,41)/t27-,28?/m0/s1. The first-order chi connectivity index (χ1) is 20.5. The molecule has 0 fully saturated rings. The first-order valence-corrected chi connectivity index (χ1v) is 13.9. The summed E-state index contributed by atoms with van der Waals surface area (Å²) in [5.41, 5.74) is -0.463. The molecule has 5 rings (SSSR count). The molecule has 1 aliphatic heterocycles. The molecule has 2 aromatic carbocycles. The number of carbonyl (C=O) groups is 2. The minimum Gasteiger partial charge on any atom is -0.489 e. The van der Waals surface area contributed by atoms with E-state index in [1.807, 2.05) is 0 Å². The van der Waals surface area contributed by atoms with Crippen molar-refractivity contribution in [2.24, 2.45) is 5.73 Å². The molecular weight excluding hydrogens is 651 g/mol. The van der Waals surface area contributed by atoms with Gasteiger partial charge >= 0.3 is 6.18 Å². The summed E-state index contributed by atoms with van der Waals surface area (Å²) < 4.78 is 63.6. The van der Waals surface area contributed by atoms with Crippen molar-refractivity contribution >= 4 is 57.5 Å². The number of halogens is 7. The Bertz CT molecular complexity index is 1870. The molecule has 2 aromatic heterocycles. The fourth-order valence-corrected chi connectivity index (χ4v) is 5.34. The smallest absolute Gasteiger partial charge is 0.424 e. The molecule has 0 spiro atoms. The molecule has 4 aromatic rings. The molecule has 1 unspecified atom stereocenters. The summed E-state index contributed by atoms with van der Waals surface area (Å²) in [5.74, 6) is -2.83. The molecule has 44 heavy (non-hydrogen) atoms. The van der Waals surface area contributed by atoms with Crippen molar-refractivity contribution in [3.63, 3.8) is 0 Å². The van der Waals surface area contributed by atoms with E-state index >= 15 is 0 Å². The number of benzene rings is 2. The largest absolute Gasteiger partial charge is 0.489 e. The van der Waals surface area contributed by atoms with Crippen LogP contribution in [0.5, 0.6) is 5.75 Å². The zero-order valence-corrected chi connectivity index (χ0v) is 25.0. The summed E-state index contributed by atoms with van der Waals surface area (Å²) in [6.07, 6.45) is -5.40. The second kappa shape index (κ2) is 11.0. The molecule has 3 heterocycles. The summed E-state index contributed by atoms with van der Waals surface area (Å²) in [6, 6.07) is 8.17. The number of aryl methyl sites for hydroxylation is 1. The van der Waals surface area contributed by atoms with Crippen LogP contribution in [0.25, 0.3) is 22.2 Å². The molecule has 2 amide bonds. The van der Waals surface area contributed by atoms with Crippen LogP contribution in [-0.2, 0) is 15.8 Å². The number of alkyl halides is 3. The molecule has 230 valence electrons. The van der Waals surface area contributed by atoms with E-state index in [-0.39, 0.29) is 49.8 Å². The molecule has 0 radical (unpaired) electrons. The zero-order chi connectivity index (χ0) is 32.4. The number of ether oxygens (including phenoxy) is 1. The molecule has 0 saturated heterocycles. The van der Waals surface area contributed by atoms with Crippen LogP contribution in [-0.4, -0.2) is 46.2 Å². The number of pyridine rings is 2. The topological polar surface area (TPSA) is 127 Å². The van der Waals surface area contributed by atoms with Gasteiger partial charge in [0.05, 0.1) is 38.5 Å². The third-order valence-electron chi connectivity index (χ3n) is 7.47. The third-order valence-corrected chi connectivity index (χ3v) is 8.43. The van der Waals surface area contributed by atoms with E-state index in [0.29, 0.717) is 16.6 Å². The van der Waals surface area contributed by atoms with Crippen molar-refractivity contribution in [1.82, 2.24) is 15.3 Å². The van der Waals surface area contributed by atoms with Gasteiger partial charge in [-0.1, -0.05) is 34.8 Å². The molecule has 1 aliphatic rings. The fourth-order valence-electron chi connectivity index (χ4n) is 4.73. The van der Waals surface area contributed by atoms with Gasteiger partial charge in [0, 0.05) is 22.1 Å². The number of aromatic nitrogens is 2. The minimum absolute atomic E-state index is 0.0325. The average Bonchev–Trinajstić information content (AvgIpc) is 3.30. The Hall–Kier alpha value is -3.71. The number of primary amides is 1. The molecule has 8 nitrogen and oxygen atoms in total. The quantitative estimate of drug-likeness (QED) is 0.215. The van der Waals surface area contributed by atoms with Gasteiger partial charge in [0.25, 0.3) is 5.91 Å². The van der Waals surface area contributed by atoms with E-state index in [2.05, 4.69) is 15.3 Å². The highest BCUT2D eigenvalue weighted by Crippen LogP contribution is 2.48. The van der Waals surface area contributed by atoms with Crippen LogP contribution < -0.4 is 15.8 Å². The molecular formula is C29H21Cl3F4N4O4. The highest BCUT2D eigenvalue weighted by atomic mass is 35.5. The van der Waals surface area contributed by atoms with E-state index < -0.39 is 47.1 Å². The van der Waals surface area contributed by atoms with Gasteiger partial charge in [0.1, 0.15) is 29.3 Å². The lowest BCUT2D eigenvalue weighted by molar-refractivity contribution is -0.265. The van der Waals surface area contributed by atoms with Crippen LogP contribution in [0.3, 0.4) is 0 Å². The Morgan fingerprint density at radius 3 is 2.41 bits per heavy atom. The number of aliphatic hydroxyl groups is 1. The summed E-state index contributed by atoms with van der Waals surface area (Å²) in [7, 11) is 0. The van der Waals surface area contributed by atoms with E-state index in [4.69, 9.17) is 45.3 Å². The average molecular weight is 672 g/mol. The van der Waals surface area contributed by atoms with Gasteiger partial charge in [-0.15, -0.1) is 0 Å². The monoisotopic (exact) mass is 670 g/mol. The molecule has 15 heteroatoms. The summed E-state index contributed by atoms with van der Waals surface area (Å²) >= 11 is 18.3. The number of nitrogens with two attached hydrogens (primary N) is 1. The fraction of sp³-hybridized carbons (Fsp3) is 0.241. The van der Waals surface area contributed by atoms with Crippen molar-refractivity contribution in [3.8, 4) is 17.0 Å². The number of hydrogen-bond acceptors (Lipinski definition) is 6. The first-order valence-electron chi connectivity index (χ1n) is 12.7. The maximum atomic E-state index is 14.7. The predicted octanol–water partition coefficient (Wildman–Crippen LogP) is 6.02. The zero-order valence-electron chi connectivity index (χ0n) is 22.7. The van der Waals surface area contributed by atoms with Gasteiger partial charge in [-0.05, 0) is 56.3 Å². The summed E-state index contributed by atoms with van der Waals surface area (Å²) in [6.45, 7) is 1.26. The molecule has 2 atom stereocenters. The van der Waals surface area contributed by atoms with E-state index in [9.17, 15) is 32.3 Å². The van der Waals surface area contributed by atoms with Gasteiger partial charge in [0.15, 0.2) is 0 Å². The number of hydrogen-bond donors (Lipinski definition) is 3. The first kappa shape index (κ1) is 31.7. The van der Waals surface area contributed by atoms with Crippen molar-refractivity contribution in [3.05, 3.63) is 85.9 Å². The number of rotatable bonds is 6. The number of nitrogens with one attached hydrogen (secondary N) is 1. The van der Waals surface area contributed by atoms with Crippen molar-refractivity contribution in [1.29, 1.82) is 0 Å². The number of carbonyl (C=O) groups excluding carboxylic acids is 2. The van der Waals surface area contributed by atoms with Crippen molar-refractivity contribution in [2.75, 3.05) is 13.2 Å². The number of fused-ring (bicyclic) bond motifs is 2. The van der Waals surface area contributed by atoms with Gasteiger partial charge in [0.2, 0.25) is 11.5 Å². The van der Waals surface area contributed by atoms with E-state index in [1.165, 1.54) is 31.2 Å². The Balaban J connectivity index is 1.60. The molecule has 0 aliphatic carbocycles. The lowest BCUT2D eigenvalue weighted by Gasteiger charge is -2.31. The van der Waals surface area contributed by atoms with E-state index in [0.717, 1.165) is 18.2 Å². The molecule has 4 N–H and O–H groups in total. The Morgan fingerprint density at radius 1 is 1.07 bits per heavy atom. The second-order valence-electron chi connectivity index (χ2n) is 10.5. The summed E-state index contributed by atoms with van der Waals surface area (Å²) in [4.78, 5) is 33.8. The summed E-state index contributed by atoms with van der Waals surface area (Å²) in [5, 5.41) is 13.6. The van der Waals surface area contributed by atoms with Gasteiger partial charge in [-0.3, -0.25) is 14.6 Å². The normalized spacial score (nSPS) is 17.6. The van der Waals surface area contributed by atoms with Crippen LogP contribution in [0, 0.1) is 12.7 Å². The highest BCUT2D eigenvalue weighted by molar-refractivity contribution is 6.36. The maximum Gasteiger partial charge on any atom is 0.424 e. The Labute approximate surface area is 262 Å². The van der Waals surface area contributed by atoms with Gasteiger partial charge in [-0.2, -0.15) is 13.2 Å². The molecule has 0 bridgehead atoms. The van der Waals surface area contributed by atoms with Crippen LogP contribution in [0.15, 0.2) is 42.5 Å². The van der Waals surface area contributed by atoms with Crippen LogP contribution in [0.1, 0.15) is 34.2 Å². The van der Waals surface area contributed by atoms with Crippen LogP contribution in [0.4, 0.5) is 17.6 Å². The molecule has 0 saturated carbocycles. The Kier molecular flexibility index (Phi) is 7.94. The number of nitrogens with zero attached hydrogens (tertiary/aromatic N) is 2. The maximum absolute atomic E-state index is 14.7. The second-order valence-corrected chi connectivity index (χ2v) is 11.7. The third kappa shape index (κ3) is 5.29. The predicted molar refractivity (Wildman–Crippen MR) is 155 cm³/mol. The lowest BCUT2D eigenvalue weighted by Crippen LogP contribution is -2.51. The van der Waals surface area contributed by atoms with Crippen molar-refractivity contribution < 1.29 is 37.0 Å². The van der Waals surface area contributed by atoms with Gasteiger partial charge < -0.3 is 20.9 Å². The number of amides is 2. The minimum atomic E-state index is -5.40. The van der Waals surface area contributed by atoms with Crippen molar-refractivity contribution in [2.45, 2.75) is 31.0 Å². The van der Waals surface area contributed by atoms with Crippen LogP contribution >= 0.6 is 34.8 Å². The highest BCUT2D eigenvalue weighted by Gasteiger charge is 2.57. The Morgan fingerprint density at radius 2 is 1.77 bits per heavy atom. The SMILES string of the molecule is Cc1nc2c(Cl)cc(C(=O)NCC(O)(c3cc4c(c(-c5ccc(F)c(Cl)c5)n3)OC[C@]4(C)C(N)=O)C(F)(F)F)cc2cc1Cl. The van der Waals surface area contributed by atoms with E-state index in [1.54, 1.807) is 6.92 Å². The van der Waals surface area contributed by atoms with Crippen LogP contribution in [0.2, 0.25) is 15.1 Å².